The van der Waals surface area contributed by atoms with Crippen molar-refractivity contribution in [1.29, 1.82) is 0 Å². The molecule has 0 saturated carbocycles. The number of anilines is 1. The van der Waals surface area contributed by atoms with Gasteiger partial charge in [0.2, 0.25) is 0 Å². The third-order valence-corrected chi connectivity index (χ3v) is 3.96. The lowest BCUT2D eigenvalue weighted by atomic mass is 10.0. The largest absolute Gasteiger partial charge is 0.444 e. The molecule has 28 heavy (non-hydrogen) atoms. The van der Waals surface area contributed by atoms with Crippen molar-refractivity contribution in [1.82, 2.24) is 0 Å². The Kier molecular flexibility index (Phi) is 7.18. The molecular weight excluding hydrogens is 356 g/mol. The quantitative estimate of drug-likeness (QED) is 0.768. The van der Waals surface area contributed by atoms with Crippen molar-refractivity contribution < 1.29 is 19.1 Å². The first kappa shape index (κ1) is 21.4. The first-order valence-corrected chi connectivity index (χ1v) is 9.30. The van der Waals surface area contributed by atoms with E-state index in [2.05, 4.69) is 0 Å². The zero-order valence-corrected chi connectivity index (χ0v) is 16.8. The smallest absolute Gasteiger partial charge is 0.424 e. The third-order valence-electron chi connectivity index (χ3n) is 3.96. The highest BCUT2D eigenvalue weighted by Gasteiger charge is 2.30. The summed E-state index contributed by atoms with van der Waals surface area (Å²) in [5.74, 6) is 0. The zero-order chi connectivity index (χ0) is 20.7. The molecule has 2 N–H and O–H groups in total. The molecule has 0 aromatic heterocycles. The maximum Gasteiger partial charge on any atom is 0.424 e. The number of imide groups is 1. The third kappa shape index (κ3) is 6.09. The molecular formula is C22H28N2O4. The summed E-state index contributed by atoms with van der Waals surface area (Å²) < 4.78 is 10.8. The standard InChI is InChI=1S/C22H28N2O4/c1-5-19(23)17-12-9-13-18(14-17)24(21(26)28-22(2,3)4)20(25)27-15-16-10-7-6-8-11-16/h6-14,19H,5,15,23H2,1-4H3. The Morgan fingerprint density at radius 2 is 1.71 bits per heavy atom. The van der Waals surface area contributed by atoms with Crippen LogP contribution in [0.25, 0.3) is 0 Å². The number of rotatable bonds is 5. The molecule has 2 aromatic rings. The average Bonchev–Trinajstić information content (AvgIpc) is 2.65. The Balaban J connectivity index is 2.28. The van der Waals surface area contributed by atoms with Crippen molar-refractivity contribution in [3.63, 3.8) is 0 Å². The van der Waals surface area contributed by atoms with Crippen LogP contribution in [0.15, 0.2) is 54.6 Å². The Hall–Kier alpha value is -2.86. The summed E-state index contributed by atoms with van der Waals surface area (Å²) in [7, 11) is 0. The van der Waals surface area contributed by atoms with E-state index >= 15 is 0 Å². The highest BCUT2D eigenvalue weighted by molar-refractivity contribution is 6.09. The predicted octanol–water partition coefficient (Wildman–Crippen LogP) is 5.17. The van der Waals surface area contributed by atoms with Gasteiger partial charge in [-0.25, -0.2) is 9.59 Å². The fraction of sp³-hybridized carbons (Fsp3) is 0.364. The summed E-state index contributed by atoms with van der Waals surface area (Å²) >= 11 is 0. The molecule has 2 rings (SSSR count). The van der Waals surface area contributed by atoms with Gasteiger partial charge in [-0.15, -0.1) is 0 Å². The second-order valence-electron chi connectivity index (χ2n) is 7.47. The number of benzene rings is 2. The first-order valence-electron chi connectivity index (χ1n) is 9.30. The van der Waals surface area contributed by atoms with E-state index in [1.165, 1.54) is 0 Å². The number of amides is 2. The summed E-state index contributed by atoms with van der Waals surface area (Å²) in [6.07, 6.45) is -0.873. The number of carbonyl (C=O) groups excluding carboxylic acids is 2. The van der Waals surface area contributed by atoms with Crippen LogP contribution in [-0.2, 0) is 16.1 Å². The number of hydrogen-bond donors (Lipinski definition) is 1. The van der Waals surface area contributed by atoms with Gasteiger partial charge in [0.05, 0.1) is 5.69 Å². The number of nitrogens with zero attached hydrogens (tertiary/aromatic N) is 1. The molecule has 0 heterocycles. The summed E-state index contributed by atoms with van der Waals surface area (Å²) in [6.45, 7) is 7.23. The van der Waals surface area contributed by atoms with Crippen molar-refractivity contribution in [2.45, 2.75) is 52.4 Å². The molecule has 2 aromatic carbocycles. The van der Waals surface area contributed by atoms with Crippen molar-refractivity contribution in [2.24, 2.45) is 5.73 Å². The second-order valence-corrected chi connectivity index (χ2v) is 7.47. The molecule has 0 fully saturated rings. The lowest BCUT2D eigenvalue weighted by molar-refractivity contribution is 0.0565. The van der Waals surface area contributed by atoms with E-state index in [4.69, 9.17) is 15.2 Å². The number of nitrogens with two attached hydrogens (primary N) is 1. The van der Waals surface area contributed by atoms with Crippen LogP contribution in [0.4, 0.5) is 15.3 Å². The molecule has 0 bridgehead atoms. The van der Waals surface area contributed by atoms with Gasteiger partial charge in [-0.1, -0.05) is 49.4 Å². The zero-order valence-electron chi connectivity index (χ0n) is 16.8. The molecule has 0 aliphatic carbocycles. The van der Waals surface area contributed by atoms with Gasteiger partial charge in [-0.05, 0) is 50.5 Å². The monoisotopic (exact) mass is 384 g/mol. The van der Waals surface area contributed by atoms with E-state index in [9.17, 15) is 9.59 Å². The fourth-order valence-electron chi connectivity index (χ4n) is 2.51. The molecule has 6 nitrogen and oxygen atoms in total. The number of carbonyl (C=O) groups is 2. The Morgan fingerprint density at radius 3 is 2.32 bits per heavy atom. The summed E-state index contributed by atoms with van der Waals surface area (Å²) in [5, 5.41) is 0. The van der Waals surface area contributed by atoms with Crippen molar-refractivity contribution in [3.05, 3.63) is 65.7 Å². The fourth-order valence-corrected chi connectivity index (χ4v) is 2.51. The van der Waals surface area contributed by atoms with Crippen LogP contribution in [0.3, 0.4) is 0 Å². The maximum atomic E-state index is 12.8. The molecule has 2 amide bonds. The normalized spacial score (nSPS) is 12.2. The second kappa shape index (κ2) is 9.37. The van der Waals surface area contributed by atoms with Crippen LogP contribution in [0.1, 0.15) is 51.3 Å². The summed E-state index contributed by atoms with van der Waals surface area (Å²) in [4.78, 5) is 26.4. The topological polar surface area (TPSA) is 81.9 Å². The molecule has 0 aliphatic heterocycles. The van der Waals surface area contributed by atoms with E-state index < -0.39 is 17.8 Å². The van der Waals surface area contributed by atoms with Crippen LogP contribution < -0.4 is 10.6 Å². The highest BCUT2D eigenvalue weighted by Crippen LogP contribution is 2.24. The molecule has 0 spiro atoms. The minimum atomic E-state index is -0.805. The van der Waals surface area contributed by atoms with E-state index in [1.54, 1.807) is 39.0 Å². The lowest BCUT2D eigenvalue weighted by Crippen LogP contribution is -2.41. The number of hydrogen-bond acceptors (Lipinski definition) is 5. The molecule has 1 unspecified atom stereocenters. The van der Waals surface area contributed by atoms with Gasteiger partial charge in [0.15, 0.2) is 0 Å². The predicted molar refractivity (Wildman–Crippen MR) is 109 cm³/mol. The molecule has 0 aliphatic rings. The van der Waals surface area contributed by atoms with Crippen molar-refractivity contribution in [2.75, 3.05) is 4.90 Å². The number of ether oxygens (including phenoxy) is 2. The van der Waals surface area contributed by atoms with Gasteiger partial charge < -0.3 is 15.2 Å². The Morgan fingerprint density at radius 1 is 1.04 bits per heavy atom. The van der Waals surface area contributed by atoms with Crippen molar-refractivity contribution in [3.8, 4) is 0 Å². The van der Waals surface area contributed by atoms with E-state index in [-0.39, 0.29) is 12.6 Å². The van der Waals surface area contributed by atoms with Gasteiger partial charge >= 0.3 is 12.2 Å². The highest BCUT2D eigenvalue weighted by atomic mass is 16.6. The van der Waals surface area contributed by atoms with Crippen LogP contribution in [-0.4, -0.2) is 17.8 Å². The van der Waals surface area contributed by atoms with Gasteiger partial charge in [-0.3, -0.25) is 0 Å². The van der Waals surface area contributed by atoms with Gasteiger partial charge in [0, 0.05) is 6.04 Å². The Bertz CT molecular complexity index is 800. The van der Waals surface area contributed by atoms with E-state index in [1.807, 2.05) is 43.3 Å². The van der Waals surface area contributed by atoms with Crippen LogP contribution >= 0.6 is 0 Å². The molecule has 150 valence electrons. The Labute approximate surface area is 166 Å². The van der Waals surface area contributed by atoms with E-state index in [0.717, 1.165) is 22.4 Å². The summed E-state index contributed by atoms with van der Waals surface area (Å²) in [6, 6.07) is 16.0. The van der Waals surface area contributed by atoms with Gasteiger partial charge in [-0.2, -0.15) is 4.90 Å². The van der Waals surface area contributed by atoms with Crippen LogP contribution in [0.2, 0.25) is 0 Å². The first-order chi connectivity index (χ1) is 13.2. The summed E-state index contributed by atoms with van der Waals surface area (Å²) in [5.41, 5.74) is 7.34. The lowest BCUT2D eigenvalue weighted by Gasteiger charge is -2.26. The van der Waals surface area contributed by atoms with Crippen molar-refractivity contribution >= 4 is 17.9 Å². The minimum absolute atomic E-state index is 0.0487. The van der Waals surface area contributed by atoms with Gasteiger partial charge in [0.1, 0.15) is 12.2 Å². The van der Waals surface area contributed by atoms with Crippen LogP contribution in [0.5, 0.6) is 0 Å². The average molecular weight is 384 g/mol. The molecule has 1 atom stereocenters. The molecule has 0 radical (unpaired) electrons. The minimum Gasteiger partial charge on any atom is -0.444 e. The molecule has 6 heteroatoms. The van der Waals surface area contributed by atoms with Crippen LogP contribution in [0, 0.1) is 0 Å². The van der Waals surface area contributed by atoms with Gasteiger partial charge in [0.25, 0.3) is 0 Å². The molecule has 0 saturated heterocycles. The van der Waals surface area contributed by atoms with E-state index in [0.29, 0.717) is 5.69 Å². The maximum absolute atomic E-state index is 12.8. The SMILES string of the molecule is CCC(N)c1cccc(N(C(=O)OCc2ccccc2)C(=O)OC(C)(C)C)c1.